The molecule has 0 fully saturated rings. The first-order valence-electron chi connectivity index (χ1n) is 5.64. The number of anilines is 2. The van der Waals surface area contributed by atoms with Crippen molar-refractivity contribution in [2.75, 3.05) is 10.6 Å². The number of hydrogen-bond acceptors (Lipinski definition) is 1. The minimum absolute atomic E-state index is 0.264. The summed E-state index contributed by atoms with van der Waals surface area (Å²) < 4.78 is 13.0. The number of aryl methyl sites for hydroxylation is 1. The molecule has 2 nitrogen and oxygen atoms in total. The van der Waals surface area contributed by atoms with Crippen LogP contribution in [0.4, 0.5) is 15.8 Å². The highest BCUT2D eigenvalue weighted by atomic mass is 35.5. The van der Waals surface area contributed by atoms with Crippen molar-refractivity contribution < 1.29 is 4.39 Å². The van der Waals surface area contributed by atoms with Crippen LogP contribution in [0, 0.1) is 12.7 Å². The van der Waals surface area contributed by atoms with Gasteiger partial charge >= 0.3 is 0 Å². The van der Waals surface area contributed by atoms with Gasteiger partial charge in [-0.05, 0) is 67.2 Å². The van der Waals surface area contributed by atoms with Gasteiger partial charge in [0, 0.05) is 16.4 Å². The fraction of sp³-hybridized carbons (Fsp3) is 0.0714. The van der Waals surface area contributed by atoms with Gasteiger partial charge in [0.15, 0.2) is 5.11 Å². The molecule has 0 aliphatic carbocycles. The van der Waals surface area contributed by atoms with Crippen LogP contribution in [0.5, 0.6) is 0 Å². The van der Waals surface area contributed by atoms with Crippen LogP contribution in [-0.4, -0.2) is 5.11 Å². The molecular weight excluding hydrogens is 283 g/mol. The summed E-state index contributed by atoms with van der Waals surface area (Å²) in [5, 5.41) is 7.16. The Hall–Kier alpha value is -1.65. The fourth-order valence-electron chi connectivity index (χ4n) is 1.59. The molecule has 0 aliphatic rings. The lowest BCUT2D eigenvalue weighted by Crippen LogP contribution is -2.19. The zero-order chi connectivity index (χ0) is 13.8. The van der Waals surface area contributed by atoms with Gasteiger partial charge in [0.2, 0.25) is 0 Å². The van der Waals surface area contributed by atoms with Crippen LogP contribution in [0.3, 0.4) is 0 Å². The molecule has 2 N–H and O–H groups in total. The topological polar surface area (TPSA) is 24.1 Å². The molecule has 2 aromatic carbocycles. The zero-order valence-corrected chi connectivity index (χ0v) is 11.8. The highest BCUT2D eigenvalue weighted by Gasteiger charge is 2.03. The lowest BCUT2D eigenvalue weighted by Gasteiger charge is -2.12. The van der Waals surface area contributed by atoms with E-state index >= 15 is 0 Å². The average Bonchev–Trinajstić information content (AvgIpc) is 2.36. The predicted molar refractivity (Wildman–Crippen MR) is 82.4 cm³/mol. The van der Waals surface area contributed by atoms with Crippen molar-refractivity contribution in [3.05, 3.63) is 58.9 Å². The molecule has 0 radical (unpaired) electrons. The lowest BCUT2D eigenvalue weighted by molar-refractivity contribution is 0.627. The highest BCUT2D eigenvalue weighted by molar-refractivity contribution is 7.80. The normalized spacial score (nSPS) is 10.1. The monoisotopic (exact) mass is 294 g/mol. The Labute approximate surface area is 121 Å². The second-order valence-corrected chi connectivity index (χ2v) is 4.89. The number of nitrogens with one attached hydrogen (secondary N) is 2. The number of thiocarbonyl (C=S) groups is 1. The quantitative estimate of drug-likeness (QED) is 0.792. The van der Waals surface area contributed by atoms with Crippen LogP contribution in [-0.2, 0) is 0 Å². The van der Waals surface area contributed by atoms with Crippen LogP contribution in [0.2, 0.25) is 5.02 Å². The Balaban J connectivity index is 2.03. The second-order valence-electron chi connectivity index (χ2n) is 4.05. The molecule has 2 rings (SSSR count). The minimum atomic E-state index is -0.264. The third-order valence-corrected chi connectivity index (χ3v) is 2.99. The second kappa shape index (κ2) is 5.99. The van der Waals surface area contributed by atoms with E-state index in [2.05, 4.69) is 10.6 Å². The van der Waals surface area contributed by atoms with Gasteiger partial charge in [-0.25, -0.2) is 4.39 Å². The molecule has 0 bridgehead atoms. The van der Waals surface area contributed by atoms with Gasteiger partial charge in [0.05, 0.1) is 0 Å². The Morgan fingerprint density at radius 3 is 2.42 bits per heavy atom. The smallest absolute Gasteiger partial charge is 0.175 e. The highest BCUT2D eigenvalue weighted by Crippen LogP contribution is 2.17. The molecule has 0 unspecified atom stereocenters. The molecule has 19 heavy (non-hydrogen) atoms. The number of rotatable bonds is 2. The first-order chi connectivity index (χ1) is 9.04. The van der Waals surface area contributed by atoms with Crippen molar-refractivity contribution >= 4 is 40.3 Å². The molecule has 0 aromatic heterocycles. The maximum absolute atomic E-state index is 13.0. The van der Waals surface area contributed by atoms with Crippen LogP contribution in [0.15, 0.2) is 42.5 Å². The van der Waals surface area contributed by atoms with Crippen LogP contribution in [0.25, 0.3) is 0 Å². The summed E-state index contributed by atoms with van der Waals surface area (Å²) in [5.41, 5.74) is 2.40. The van der Waals surface area contributed by atoms with Gasteiger partial charge in [-0.2, -0.15) is 0 Å². The molecule has 0 amide bonds. The first kappa shape index (κ1) is 13.8. The summed E-state index contributed by atoms with van der Waals surface area (Å²) in [6.07, 6.45) is 0. The molecule has 98 valence electrons. The maximum Gasteiger partial charge on any atom is 0.175 e. The summed E-state index contributed by atoms with van der Waals surface area (Å²) in [4.78, 5) is 0. The number of hydrogen-bond donors (Lipinski definition) is 2. The molecule has 0 spiro atoms. The zero-order valence-electron chi connectivity index (χ0n) is 10.2. The average molecular weight is 295 g/mol. The Kier molecular flexibility index (Phi) is 4.35. The van der Waals surface area contributed by atoms with Gasteiger partial charge in [-0.3, -0.25) is 0 Å². The van der Waals surface area contributed by atoms with E-state index in [0.717, 1.165) is 16.9 Å². The van der Waals surface area contributed by atoms with Gasteiger partial charge in [-0.15, -0.1) is 0 Å². The molecule has 5 heteroatoms. The standard InChI is InChI=1S/C14H12ClFN2S/c1-9-8-11(16)4-7-13(9)18-14(19)17-12-5-2-10(15)3-6-12/h2-8H,1H3,(H2,17,18,19). The molecule has 2 aromatic rings. The van der Waals surface area contributed by atoms with E-state index in [1.165, 1.54) is 12.1 Å². The summed E-state index contributed by atoms with van der Waals surface area (Å²) in [6.45, 7) is 1.82. The maximum atomic E-state index is 13.0. The van der Waals surface area contributed by atoms with E-state index in [1.807, 2.05) is 19.1 Å². The van der Waals surface area contributed by atoms with E-state index in [-0.39, 0.29) is 5.82 Å². The molecule has 0 atom stereocenters. The molecule has 0 heterocycles. The van der Waals surface area contributed by atoms with Crippen LogP contribution >= 0.6 is 23.8 Å². The summed E-state index contributed by atoms with van der Waals surface area (Å²) >= 11 is 11.0. The van der Waals surface area contributed by atoms with Crippen molar-refractivity contribution in [2.45, 2.75) is 6.92 Å². The third kappa shape index (κ3) is 3.91. The van der Waals surface area contributed by atoms with Gasteiger partial charge < -0.3 is 10.6 Å². The largest absolute Gasteiger partial charge is 0.332 e. The van der Waals surface area contributed by atoms with Gasteiger partial charge in [0.25, 0.3) is 0 Å². The van der Waals surface area contributed by atoms with Crippen molar-refractivity contribution in [3.63, 3.8) is 0 Å². The van der Waals surface area contributed by atoms with Crippen LogP contribution in [0.1, 0.15) is 5.56 Å². The number of halogens is 2. The van der Waals surface area contributed by atoms with E-state index in [0.29, 0.717) is 10.1 Å². The van der Waals surface area contributed by atoms with Gasteiger partial charge in [0.1, 0.15) is 5.82 Å². The van der Waals surface area contributed by atoms with Crippen LogP contribution < -0.4 is 10.6 Å². The van der Waals surface area contributed by atoms with Crippen molar-refractivity contribution in [2.24, 2.45) is 0 Å². The van der Waals surface area contributed by atoms with E-state index < -0.39 is 0 Å². The minimum Gasteiger partial charge on any atom is -0.332 e. The Bertz CT molecular complexity index is 599. The third-order valence-electron chi connectivity index (χ3n) is 2.54. The van der Waals surface area contributed by atoms with Crippen molar-refractivity contribution in [1.29, 1.82) is 0 Å². The number of benzene rings is 2. The summed E-state index contributed by atoms with van der Waals surface area (Å²) in [6, 6.07) is 11.7. The summed E-state index contributed by atoms with van der Waals surface area (Å²) in [7, 11) is 0. The Morgan fingerprint density at radius 2 is 1.79 bits per heavy atom. The van der Waals surface area contributed by atoms with E-state index in [4.69, 9.17) is 23.8 Å². The molecule has 0 saturated heterocycles. The SMILES string of the molecule is Cc1cc(F)ccc1NC(=S)Nc1ccc(Cl)cc1. The summed E-state index contributed by atoms with van der Waals surface area (Å²) in [5.74, 6) is -0.264. The lowest BCUT2D eigenvalue weighted by atomic mass is 10.2. The Morgan fingerprint density at radius 1 is 1.11 bits per heavy atom. The van der Waals surface area contributed by atoms with Gasteiger partial charge in [-0.1, -0.05) is 11.6 Å². The van der Waals surface area contributed by atoms with E-state index in [9.17, 15) is 4.39 Å². The van der Waals surface area contributed by atoms with Crippen molar-refractivity contribution in [1.82, 2.24) is 0 Å². The fourth-order valence-corrected chi connectivity index (χ4v) is 1.94. The van der Waals surface area contributed by atoms with E-state index in [1.54, 1.807) is 18.2 Å². The molecule has 0 saturated carbocycles. The first-order valence-corrected chi connectivity index (χ1v) is 6.43. The predicted octanol–water partition coefficient (Wildman–Crippen LogP) is 4.60. The molecule has 0 aliphatic heterocycles. The molecular formula is C14H12ClFN2S. The van der Waals surface area contributed by atoms with Crippen molar-refractivity contribution in [3.8, 4) is 0 Å².